The average Bonchev–Trinajstić information content (AvgIpc) is 3.40. The van der Waals surface area contributed by atoms with Crippen molar-refractivity contribution in [1.82, 2.24) is 29.7 Å². The van der Waals surface area contributed by atoms with E-state index >= 15 is 0 Å². The number of rotatable bonds is 5. The van der Waals surface area contributed by atoms with Crippen LogP contribution in [-0.4, -0.2) is 42.7 Å². The van der Waals surface area contributed by atoms with Gasteiger partial charge in [0.2, 0.25) is 0 Å². The number of anilines is 1. The number of nitrogens with zero attached hydrogens (tertiary/aromatic N) is 5. The first-order valence-corrected chi connectivity index (χ1v) is 8.04. The normalized spacial score (nSPS) is 10.6. The van der Waals surface area contributed by atoms with Gasteiger partial charge < -0.3 is 10.1 Å². The van der Waals surface area contributed by atoms with E-state index in [1.165, 1.54) is 6.33 Å². The van der Waals surface area contributed by atoms with E-state index in [0.29, 0.717) is 23.0 Å². The fourth-order valence-electron chi connectivity index (χ4n) is 2.50. The minimum Gasteiger partial charge on any atom is -0.497 e. The summed E-state index contributed by atoms with van der Waals surface area (Å²) >= 11 is 0. The molecule has 0 aliphatic rings. The van der Waals surface area contributed by atoms with Crippen LogP contribution >= 0.6 is 0 Å². The molecule has 0 fully saturated rings. The second-order valence-corrected chi connectivity index (χ2v) is 5.58. The van der Waals surface area contributed by atoms with Crippen molar-refractivity contribution < 1.29 is 9.53 Å². The summed E-state index contributed by atoms with van der Waals surface area (Å²) < 4.78 is 6.93. The Balaban J connectivity index is 1.52. The molecule has 1 amide bonds. The molecule has 0 aliphatic heterocycles. The fourth-order valence-corrected chi connectivity index (χ4v) is 2.50. The smallest absolute Gasteiger partial charge is 0.274 e. The quantitative estimate of drug-likeness (QED) is 0.564. The van der Waals surface area contributed by atoms with E-state index in [9.17, 15) is 4.79 Å². The largest absolute Gasteiger partial charge is 0.497 e. The molecular formula is C18H15N7O2. The van der Waals surface area contributed by atoms with Gasteiger partial charge in [-0.3, -0.25) is 14.5 Å². The van der Waals surface area contributed by atoms with E-state index in [0.717, 1.165) is 11.3 Å². The number of hydrogen-bond donors (Lipinski definition) is 2. The molecule has 4 rings (SSSR count). The van der Waals surface area contributed by atoms with Gasteiger partial charge in [0.15, 0.2) is 0 Å². The molecule has 0 atom stereocenters. The molecule has 1 aromatic carbocycles. The zero-order valence-corrected chi connectivity index (χ0v) is 14.3. The first kappa shape index (κ1) is 16.5. The predicted octanol–water partition coefficient (Wildman–Crippen LogP) is 2.31. The molecule has 0 unspecified atom stereocenters. The highest BCUT2D eigenvalue weighted by atomic mass is 16.5. The van der Waals surface area contributed by atoms with Crippen LogP contribution in [-0.2, 0) is 0 Å². The molecule has 27 heavy (non-hydrogen) atoms. The minimum atomic E-state index is -0.355. The van der Waals surface area contributed by atoms with Crippen LogP contribution in [0.5, 0.6) is 5.75 Å². The Morgan fingerprint density at radius 3 is 2.96 bits per heavy atom. The summed E-state index contributed by atoms with van der Waals surface area (Å²) in [7, 11) is 1.60. The van der Waals surface area contributed by atoms with Crippen molar-refractivity contribution in [2.45, 2.75) is 0 Å². The average molecular weight is 361 g/mol. The van der Waals surface area contributed by atoms with Crippen LogP contribution in [0.15, 0.2) is 61.4 Å². The van der Waals surface area contributed by atoms with Crippen molar-refractivity contribution in [2.75, 3.05) is 12.4 Å². The number of carbonyl (C=O) groups excluding carboxylic acids is 1. The van der Waals surface area contributed by atoms with Gasteiger partial charge in [0.05, 0.1) is 12.8 Å². The number of imidazole rings is 1. The molecule has 0 aliphatic carbocycles. The molecule has 0 radical (unpaired) electrons. The van der Waals surface area contributed by atoms with Crippen LogP contribution in [0.3, 0.4) is 0 Å². The number of H-pyrrole nitrogens is 1. The zero-order valence-electron chi connectivity index (χ0n) is 14.3. The highest BCUT2D eigenvalue weighted by Gasteiger charge is 2.13. The molecule has 2 N–H and O–H groups in total. The van der Waals surface area contributed by atoms with Gasteiger partial charge in [0.1, 0.15) is 35.7 Å². The topological polar surface area (TPSA) is 111 Å². The van der Waals surface area contributed by atoms with E-state index in [1.807, 2.05) is 24.3 Å². The van der Waals surface area contributed by atoms with E-state index in [-0.39, 0.29) is 5.91 Å². The SMILES string of the molecule is COc1cccc(-c2cc(C(=O)Nc3cc(-n4ccnc4)ncn3)[nH]n2)c1. The second-order valence-electron chi connectivity index (χ2n) is 5.58. The van der Waals surface area contributed by atoms with Crippen LogP contribution in [0.2, 0.25) is 0 Å². The minimum absolute atomic E-state index is 0.315. The zero-order chi connectivity index (χ0) is 18.6. The number of aromatic amines is 1. The van der Waals surface area contributed by atoms with Crippen LogP contribution in [0.25, 0.3) is 17.1 Å². The summed E-state index contributed by atoms with van der Waals surface area (Å²) in [6, 6.07) is 10.8. The van der Waals surface area contributed by atoms with Crippen LogP contribution in [0.1, 0.15) is 10.5 Å². The third-order valence-electron chi connectivity index (χ3n) is 3.85. The Morgan fingerprint density at radius 1 is 1.22 bits per heavy atom. The molecule has 3 heterocycles. The summed E-state index contributed by atoms with van der Waals surface area (Å²) in [5.41, 5.74) is 1.80. The molecule has 0 bridgehead atoms. The number of methoxy groups -OCH3 is 1. The number of benzene rings is 1. The van der Waals surface area contributed by atoms with E-state index in [1.54, 1.807) is 42.5 Å². The van der Waals surface area contributed by atoms with Gasteiger partial charge in [-0.2, -0.15) is 5.10 Å². The third-order valence-corrected chi connectivity index (χ3v) is 3.85. The summed E-state index contributed by atoms with van der Waals surface area (Å²) in [6.45, 7) is 0. The van der Waals surface area contributed by atoms with Gasteiger partial charge in [0.25, 0.3) is 5.91 Å². The first-order chi connectivity index (χ1) is 13.2. The van der Waals surface area contributed by atoms with Crippen molar-refractivity contribution in [1.29, 1.82) is 0 Å². The molecule has 9 heteroatoms. The first-order valence-electron chi connectivity index (χ1n) is 8.04. The van der Waals surface area contributed by atoms with Crippen molar-refractivity contribution in [2.24, 2.45) is 0 Å². The van der Waals surface area contributed by atoms with Gasteiger partial charge in [0, 0.05) is 24.0 Å². The van der Waals surface area contributed by atoms with Crippen molar-refractivity contribution in [3.05, 3.63) is 67.1 Å². The lowest BCUT2D eigenvalue weighted by Gasteiger charge is -2.05. The number of aromatic nitrogens is 6. The lowest BCUT2D eigenvalue weighted by molar-refractivity contribution is 0.102. The summed E-state index contributed by atoms with van der Waals surface area (Å²) in [4.78, 5) is 24.7. The molecule has 3 aromatic heterocycles. The molecular weight excluding hydrogens is 346 g/mol. The maximum Gasteiger partial charge on any atom is 0.274 e. The van der Waals surface area contributed by atoms with Gasteiger partial charge in [-0.1, -0.05) is 12.1 Å². The third kappa shape index (κ3) is 3.52. The Morgan fingerprint density at radius 2 is 2.15 bits per heavy atom. The molecule has 0 saturated carbocycles. The van der Waals surface area contributed by atoms with Crippen LogP contribution in [0.4, 0.5) is 5.82 Å². The monoisotopic (exact) mass is 361 g/mol. The van der Waals surface area contributed by atoms with E-state index in [4.69, 9.17) is 4.74 Å². The van der Waals surface area contributed by atoms with E-state index in [2.05, 4.69) is 30.5 Å². The number of carbonyl (C=O) groups is 1. The van der Waals surface area contributed by atoms with Gasteiger partial charge >= 0.3 is 0 Å². The molecule has 9 nitrogen and oxygen atoms in total. The molecule has 0 spiro atoms. The number of ether oxygens (including phenoxy) is 1. The summed E-state index contributed by atoms with van der Waals surface area (Å²) in [6.07, 6.45) is 6.39. The standard InChI is InChI=1S/C18H15N7O2/c1-27-13-4-2-3-12(7-13)14-8-15(24-23-14)18(26)22-16-9-17(21-10-20-16)25-6-5-19-11-25/h2-11H,1H3,(H,23,24)(H,20,21,22,26). The highest BCUT2D eigenvalue weighted by Crippen LogP contribution is 2.22. The fraction of sp³-hybridized carbons (Fsp3) is 0.0556. The summed E-state index contributed by atoms with van der Waals surface area (Å²) in [5, 5.41) is 9.67. The Labute approximate surface area is 154 Å². The van der Waals surface area contributed by atoms with Gasteiger partial charge in [-0.05, 0) is 18.2 Å². The second kappa shape index (κ2) is 7.08. The Bertz CT molecular complexity index is 1070. The van der Waals surface area contributed by atoms with Gasteiger partial charge in [-0.25, -0.2) is 15.0 Å². The van der Waals surface area contributed by atoms with Crippen molar-refractivity contribution in [3.63, 3.8) is 0 Å². The molecule has 0 saturated heterocycles. The highest BCUT2D eigenvalue weighted by molar-refractivity contribution is 6.03. The Hall–Kier alpha value is -4.01. The van der Waals surface area contributed by atoms with Gasteiger partial charge in [-0.15, -0.1) is 0 Å². The van der Waals surface area contributed by atoms with Crippen LogP contribution in [0, 0.1) is 0 Å². The Kier molecular flexibility index (Phi) is 4.32. The maximum atomic E-state index is 12.5. The summed E-state index contributed by atoms with van der Waals surface area (Å²) in [5.74, 6) is 1.33. The number of amides is 1. The lowest BCUT2D eigenvalue weighted by Crippen LogP contribution is -2.14. The lowest BCUT2D eigenvalue weighted by atomic mass is 10.1. The number of nitrogens with one attached hydrogen (secondary N) is 2. The maximum absolute atomic E-state index is 12.5. The molecule has 4 aromatic rings. The number of hydrogen-bond acceptors (Lipinski definition) is 6. The van der Waals surface area contributed by atoms with E-state index < -0.39 is 0 Å². The van der Waals surface area contributed by atoms with Crippen molar-refractivity contribution in [3.8, 4) is 22.8 Å². The predicted molar refractivity (Wildman–Crippen MR) is 97.7 cm³/mol. The van der Waals surface area contributed by atoms with Crippen molar-refractivity contribution >= 4 is 11.7 Å². The van der Waals surface area contributed by atoms with Crippen LogP contribution < -0.4 is 10.1 Å². The molecule has 134 valence electrons.